The Balaban J connectivity index is 1.61. The van der Waals surface area contributed by atoms with Gasteiger partial charge in [0.15, 0.2) is 0 Å². The molecule has 7 heteroatoms. The highest BCUT2D eigenvalue weighted by Gasteiger charge is 2.35. The monoisotopic (exact) mass is 440 g/mol. The number of nitrogens with zero attached hydrogens (tertiary/aromatic N) is 1. The molecule has 0 spiro atoms. The zero-order valence-corrected chi connectivity index (χ0v) is 17.6. The van der Waals surface area contributed by atoms with E-state index in [2.05, 4.69) is 5.32 Å². The third-order valence-electron chi connectivity index (χ3n) is 4.77. The molecule has 30 heavy (non-hydrogen) atoms. The van der Waals surface area contributed by atoms with Crippen LogP contribution in [0.5, 0.6) is 0 Å². The number of hydrogen-bond donors (Lipinski definition) is 1. The Morgan fingerprint density at radius 3 is 2.67 bits per heavy atom. The number of carbonyl (C=O) groups excluding carboxylic acids is 2. The Hall–Kier alpha value is -2.83. The lowest BCUT2D eigenvalue weighted by atomic mass is 10.1. The van der Waals surface area contributed by atoms with Crippen LogP contribution in [-0.2, 0) is 4.79 Å². The zero-order chi connectivity index (χ0) is 21.3. The van der Waals surface area contributed by atoms with Gasteiger partial charge in [-0.2, -0.15) is 0 Å². The van der Waals surface area contributed by atoms with Gasteiger partial charge < -0.3 is 5.32 Å². The van der Waals surface area contributed by atoms with Crippen molar-refractivity contribution >= 4 is 46.6 Å². The van der Waals surface area contributed by atoms with Crippen molar-refractivity contribution in [3.8, 4) is 0 Å². The van der Waals surface area contributed by atoms with Gasteiger partial charge in [-0.05, 0) is 66.6 Å². The van der Waals surface area contributed by atoms with Gasteiger partial charge in [0, 0.05) is 16.3 Å². The summed E-state index contributed by atoms with van der Waals surface area (Å²) in [6.07, 6.45) is 0. The second-order valence-corrected chi connectivity index (χ2v) is 8.47. The predicted octanol–water partition coefficient (Wildman–Crippen LogP) is 5.82. The third-order valence-corrected chi connectivity index (χ3v) is 6.23. The normalized spacial score (nSPS) is 16.0. The maximum atomic E-state index is 14.5. The molecule has 1 aliphatic heterocycles. The van der Waals surface area contributed by atoms with E-state index in [1.807, 2.05) is 19.1 Å². The smallest absolute Gasteiger partial charge is 0.255 e. The van der Waals surface area contributed by atoms with E-state index in [4.69, 9.17) is 11.6 Å². The SMILES string of the molecule is Cc1ccc(F)c(N2C(=O)CS[C@@H]2c2cccc(NC(=O)c3ccc(Cl)cc3)c2)c1. The van der Waals surface area contributed by atoms with E-state index in [9.17, 15) is 14.0 Å². The molecule has 0 bridgehead atoms. The minimum absolute atomic E-state index is 0.148. The maximum Gasteiger partial charge on any atom is 0.255 e. The predicted molar refractivity (Wildman–Crippen MR) is 120 cm³/mol. The van der Waals surface area contributed by atoms with Crippen LogP contribution < -0.4 is 10.2 Å². The minimum atomic E-state index is -0.436. The lowest BCUT2D eigenvalue weighted by molar-refractivity contribution is -0.115. The number of thioether (sulfide) groups is 1. The van der Waals surface area contributed by atoms with Gasteiger partial charge in [-0.1, -0.05) is 29.8 Å². The molecule has 1 aliphatic rings. The number of nitrogens with one attached hydrogen (secondary N) is 1. The van der Waals surface area contributed by atoms with Crippen molar-refractivity contribution in [2.75, 3.05) is 16.0 Å². The Morgan fingerprint density at radius 2 is 1.90 bits per heavy atom. The number of hydrogen-bond acceptors (Lipinski definition) is 3. The van der Waals surface area contributed by atoms with E-state index >= 15 is 0 Å². The van der Waals surface area contributed by atoms with E-state index in [1.165, 1.54) is 22.7 Å². The van der Waals surface area contributed by atoms with E-state index in [0.717, 1.165) is 11.1 Å². The first-order valence-corrected chi connectivity index (χ1v) is 10.7. The number of amides is 2. The van der Waals surface area contributed by atoms with Crippen molar-refractivity contribution in [2.24, 2.45) is 0 Å². The second kappa shape index (κ2) is 8.50. The van der Waals surface area contributed by atoms with E-state index in [0.29, 0.717) is 16.3 Å². The minimum Gasteiger partial charge on any atom is -0.322 e. The fourth-order valence-corrected chi connectivity index (χ4v) is 4.60. The van der Waals surface area contributed by atoms with Crippen LogP contribution in [0, 0.1) is 12.7 Å². The van der Waals surface area contributed by atoms with Crippen molar-refractivity contribution in [2.45, 2.75) is 12.3 Å². The van der Waals surface area contributed by atoms with Crippen LogP contribution in [0.1, 0.15) is 26.9 Å². The summed E-state index contributed by atoms with van der Waals surface area (Å²) in [5.74, 6) is -0.585. The van der Waals surface area contributed by atoms with Crippen LogP contribution in [0.3, 0.4) is 0 Å². The molecule has 1 atom stereocenters. The van der Waals surface area contributed by atoms with Crippen LogP contribution in [-0.4, -0.2) is 17.6 Å². The largest absolute Gasteiger partial charge is 0.322 e. The zero-order valence-electron chi connectivity index (χ0n) is 16.1. The number of halogens is 2. The Labute approximate surface area is 183 Å². The molecule has 3 aromatic carbocycles. The summed E-state index contributed by atoms with van der Waals surface area (Å²) >= 11 is 7.30. The van der Waals surface area contributed by atoms with Crippen LogP contribution in [0.15, 0.2) is 66.7 Å². The molecule has 1 fully saturated rings. The molecule has 4 rings (SSSR count). The summed E-state index contributed by atoms with van der Waals surface area (Å²) in [7, 11) is 0. The highest BCUT2D eigenvalue weighted by molar-refractivity contribution is 8.00. The first-order valence-electron chi connectivity index (χ1n) is 9.29. The summed E-state index contributed by atoms with van der Waals surface area (Å²) in [6, 6.07) is 18.6. The topological polar surface area (TPSA) is 49.4 Å². The third kappa shape index (κ3) is 4.20. The van der Waals surface area contributed by atoms with Gasteiger partial charge in [-0.15, -0.1) is 11.8 Å². The number of rotatable bonds is 4. The number of aryl methyl sites for hydroxylation is 1. The lowest BCUT2D eigenvalue weighted by Gasteiger charge is -2.25. The molecule has 4 nitrogen and oxygen atoms in total. The Morgan fingerprint density at radius 1 is 1.13 bits per heavy atom. The molecule has 0 aromatic heterocycles. The summed E-state index contributed by atoms with van der Waals surface area (Å²) < 4.78 is 14.5. The number of anilines is 2. The molecule has 2 amide bonds. The van der Waals surface area contributed by atoms with Gasteiger partial charge in [0.05, 0.1) is 11.4 Å². The van der Waals surface area contributed by atoms with Crippen LogP contribution in [0.4, 0.5) is 15.8 Å². The molecular weight excluding hydrogens is 423 g/mol. The first-order chi connectivity index (χ1) is 14.4. The van der Waals surface area contributed by atoms with Crippen molar-refractivity contribution in [3.05, 3.63) is 94.3 Å². The van der Waals surface area contributed by atoms with Crippen LogP contribution in [0.2, 0.25) is 5.02 Å². The van der Waals surface area contributed by atoms with Gasteiger partial charge in [-0.25, -0.2) is 4.39 Å². The van der Waals surface area contributed by atoms with Crippen molar-refractivity contribution < 1.29 is 14.0 Å². The Kier molecular flexibility index (Phi) is 5.79. The second-order valence-electron chi connectivity index (χ2n) is 6.97. The number of carbonyl (C=O) groups is 2. The maximum absolute atomic E-state index is 14.5. The fraction of sp³-hybridized carbons (Fsp3) is 0.130. The number of benzene rings is 3. The summed E-state index contributed by atoms with van der Waals surface area (Å²) in [5, 5.41) is 3.04. The summed E-state index contributed by atoms with van der Waals surface area (Å²) in [4.78, 5) is 26.6. The van der Waals surface area contributed by atoms with Gasteiger partial charge >= 0.3 is 0 Å². The molecule has 0 saturated carbocycles. The van der Waals surface area contributed by atoms with Gasteiger partial charge in [0.25, 0.3) is 5.91 Å². The Bertz CT molecular complexity index is 1120. The van der Waals surface area contributed by atoms with E-state index in [1.54, 1.807) is 48.5 Å². The van der Waals surface area contributed by atoms with Crippen LogP contribution >= 0.6 is 23.4 Å². The molecule has 1 saturated heterocycles. The average molecular weight is 441 g/mol. The van der Waals surface area contributed by atoms with Crippen molar-refractivity contribution in [3.63, 3.8) is 0 Å². The average Bonchev–Trinajstić information content (AvgIpc) is 3.12. The molecule has 1 N–H and O–H groups in total. The van der Waals surface area contributed by atoms with E-state index in [-0.39, 0.29) is 28.6 Å². The van der Waals surface area contributed by atoms with Crippen molar-refractivity contribution in [1.29, 1.82) is 0 Å². The standard InChI is InChI=1S/C23H18ClFN2O2S/c1-14-5-10-19(25)20(11-14)27-21(28)13-30-23(27)16-3-2-4-18(12-16)26-22(29)15-6-8-17(24)9-7-15/h2-12,23H,13H2,1H3,(H,26,29)/t23-/m1/s1. The molecule has 3 aromatic rings. The highest BCUT2D eigenvalue weighted by atomic mass is 35.5. The first kappa shape index (κ1) is 20.4. The van der Waals surface area contributed by atoms with Gasteiger partial charge in [0.2, 0.25) is 5.91 Å². The molecule has 1 heterocycles. The lowest BCUT2D eigenvalue weighted by Crippen LogP contribution is -2.28. The molecule has 0 unspecified atom stereocenters. The quantitative estimate of drug-likeness (QED) is 0.556. The van der Waals surface area contributed by atoms with Crippen molar-refractivity contribution in [1.82, 2.24) is 0 Å². The molecular formula is C23H18ClFN2O2S. The van der Waals surface area contributed by atoms with Crippen LogP contribution in [0.25, 0.3) is 0 Å². The molecule has 0 radical (unpaired) electrons. The molecule has 0 aliphatic carbocycles. The molecule has 152 valence electrons. The highest BCUT2D eigenvalue weighted by Crippen LogP contribution is 2.43. The van der Waals surface area contributed by atoms with Gasteiger partial charge in [0.1, 0.15) is 11.2 Å². The summed E-state index contributed by atoms with van der Waals surface area (Å²) in [5.41, 5.74) is 3.03. The van der Waals surface area contributed by atoms with E-state index < -0.39 is 5.82 Å². The fourth-order valence-electron chi connectivity index (χ4n) is 3.31. The van der Waals surface area contributed by atoms with Gasteiger partial charge in [-0.3, -0.25) is 14.5 Å². The summed E-state index contributed by atoms with van der Waals surface area (Å²) in [6.45, 7) is 1.86.